The van der Waals surface area contributed by atoms with Crippen molar-refractivity contribution in [3.63, 3.8) is 0 Å². The smallest absolute Gasteiger partial charge is 0.134 e. The van der Waals surface area contributed by atoms with Gasteiger partial charge < -0.3 is 0 Å². The van der Waals surface area contributed by atoms with E-state index in [2.05, 4.69) is 34.3 Å². The Hall–Kier alpha value is -1.18. The van der Waals surface area contributed by atoms with Crippen LogP contribution < -0.4 is 0 Å². The van der Waals surface area contributed by atoms with Crippen molar-refractivity contribution in [1.82, 2.24) is 0 Å². The van der Waals surface area contributed by atoms with Crippen LogP contribution in [0.3, 0.4) is 0 Å². The predicted octanol–water partition coefficient (Wildman–Crippen LogP) is 8.08. The molecule has 2 heteroatoms. The zero-order chi connectivity index (χ0) is 21.4. The first kappa shape index (κ1) is 24.9. The maximum atomic E-state index is 13.0. The molecule has 2 nitrogen and oxygen atoms in total. The molecule has 1 atom stereocenters. The molecule has 1 fully saturated rings. The highest BCUT2D eigenvalue weighted by Crippen LogP contribution is 2.38. The highest BCUT2D eigenvalue weighted by Gasteiger charge is 2.31. The molecule has 1 aliphatic rings. The molecule has 0 aromatic heterocycles. The lowest BCUT2D eigenvalue weighted by atomic mass is 9.72. The highest BCUT2D eigenvalue weighted by molar-refractivity contribution is 5.93. The van der Waals surface area contributed by atoms with Crippen molar-refractivity contribution < 1.29 is 4.79 Å². The van der Waals surface area contributed by atoms with Gasteiger partial charge in [-0.05, 0) is 51.0 Å². The van der Waals surface area contributed by atoms with Crippen LogP contribution in [0.1, 0.15) is 113 Å². The summed E-state index contributed by atoms with van der Waals surface area (Å²) in [6.07, 6.45) is 13.8. The summed E-state index contributed by atoms with van der Waals surface area (Å²) in [4.78, 5) is 17.7. The van der Waals surface area contributed by atoms with E-state index in [1.54, 1.807) is 0 Å². The minimum atomic E-state index is -0.209. The molecule has 0 radical (unpaired) electrons. The maximum Gasteiger partial charge on any atom is 0.134 e. The van der Waals surface area contributed by atoms with Crippen LogP contribution in [0.4, 0.5) is 0 Å². The zero-order valence-electron chi connectivity index (χ0n) is 19.8. The zero-order valence-corrected chi connectivity index (χ0v) is 19.8. The quantitative estimate of drug-likeness (QED) is 0.260. The molecular formula is C26H45NO. The SMILES string of the molecule is C=C(C)/C=C(/C)N=C(C)C(C)(C)CC(=O)CC(C)(CC)CCC1CCCCC1. The van der Waals surface area contributed by atoms with Crippen molar-refractivity contribution in [2.24, 2.45) is 21.7 Å². The van der Waals surface area contributed by atoms with E-state index >= 15 is 0 Å². The molecule has 0 bridgehead atoms. The summed E-state index contributed by atoms with van der Waals surface area (Å²) in [5.74, 6) is 1.28. The van der Waals surface area contributed by atoms with Gasteiger partial charge >= 0.3 is 0 Å². The predicted molar refractivity (Wildman–Crippen MR) is 124 cm³/mol. The lowest BCUT2D eigenvalue weighted by molar-refractivity contribution is -0.122. The van der Waals surface area contributed by atoms with Gasteiger partial charge in [-0.3, -0.25) is 9.79 Å². The number of ketones is 1. The lowest BCUT2D eigenvalue weighted by Gasteiger charge is -2.32. The summed E-state index contributed by atoms with van der Waals surface area (Å²) in [5.41, 5.74) is 2.91. The first-order chi connectivity index (χ1) is 13.0. The van der Waals surface area contributed by atoms with Crippen molar-refractivity contribution in [1.29, 1.82) is 0 Å². The Kier molecular flexibility index (Phi) is 9.87. The van der Waals surface area contributed by atoms with Gasteiger partial charge in [0.25, 0.3) is 0 Å². The van der Waals surface area contributed by atoms with Crippen LogP contribution in [0.25, 0.3) is 0 Å². The Balaban J connectivity index is 2.67. The van der Waals surface area contributed by atoms with Crippen molar-refractivity contribution in [2.75, 3.05) is 0 Å². The Labute approximate surface area is 175 Å². The molecule has 1 unspecified atom stereocenters. The van der Waals surface area contributed by atoms with E-state index < -0.39 is 0 Å². The summed E-state index contributed by atoms with van der Waals surface area (Å²) < 4.78 is 0. The molecule has 0 aromatic rings. The molecule has 0 saturated heterocycles. The number of carbonyl (C=O) groups is 1. The Bertz CT molecular complexity index is 590. The topological polar surface area (TPSA) is 29.4 Å². The second-order valence-corrected chi connectivity index (χ2v) is 10.3. The van der Waals surface area contributed by atoms with Crippen molar-refractivity contribution >= 4 is 11.5 Å². The molecule has 0 spiro atoms. The Morgan fingerprint density at radius 2 is 1.68 bits per heavy atom. The number of hydrogen-bond acceptors (Lipinski definition) is 2. The molecule has 0 amide bonds. The minimum Gasteiger partial charge on any atom is -0.300 e. The van der Waals surface area contributed by atoms with Gasteiger partial charge in [0.1, 0.15) is 5.78 Å². The molecule has 0 N–H and O–H groups in total. The van der Waals surface area contributed by atoms with E-state index in [1.165, 1.54) is 44.9 Å². The summed E-state index contributed by atoms with van der Waals surface area (Å²) in [6.45, 7) is 18.8. The van der Waals surface area contributed by atoms with Crippen LogP contribution in [0, 0.1) is 16.7 Å². The average Bonchev–Trinajstić information content (AvgIpc) is 2.59. The summed E-state index contributed by atoms with van der Waals surface area (Å²) >= 11 is 0. The third kappa shape index (κ3) is 8.88. The molecule has 0 aliphatic heterocycles. The Morgan fingerprint density at radius 1 is 1.07 bits per heavy atom. The number of carbonyl (C=O) groups excluding carboxylic acids is 1. The largest absolute Gasteiger partial charge is 0.300 e. The van der Waals surface area contributed by atoms with Gasteiger partial charge in [-0.25, -0.2) is 0 Å². The van der Waals surface area contributed by atoms with Crippen LogP contribution in [0.5, 0.6) is 0 Å². The van der Waals surface area contributed by atoms with Crippen LogP contribution in [0.2, 0.25) is 0 Å². The third-order valence-electron chi connectivity index (χ3n) is 6.78. The maximum absolute atomic E-state index is 13.0. The fourth-order valence-corrected chi connectivity index (χ4v) is 4.38. The molecule has 1 rings (SSSR count). The number of nitrogens with zero attached hydrogens (tertiary/aromatic N) is 1. The van der Waals surface area contributed by atoms with Crippen LogP contribution in [-0.4, -0.2) is 11.5 Å². The number of hydrogen-bond donors (Lipinski definition) is 0. The fraction of sp³-hybridized carbons (Fsp3) is 0.769. The van der Waals surface area contributed by atoms with Gasteiger partial charge in [0.2, 0.25) is 0 Å². The van der Waals surface area contributed by atoms with Gasteiger partial charge in [-0.1, -0.05) is 78.4 Å². The number of rotatable bonds is 11. The van der Waals surface area contributed by atoms with Gasteiger partial charge in [0.05, 0.1) is 0 Å². The van der Waals surface area contributed by atoms with E-state index in [-0.39, 0.29) is 10.8 Å². The third-order valence-corrected chi connectivity index (χ3v) is 6.78. The van der Waals surface area contributed by atoms with Gasteiger partial charge in [-0.2, -0.15) is 0 Å². The fourth-order valence-electron chi connectivity index (χ4n) is 4.38. The summed E-state index contributed by atoms with van der Waals surface area (Å²) in [7, 11) is 0. The normalized spacial score (nSPS) is 19.4. The minimum absolute atomic E-state index is 0.144. The van der Waals surface area contributed by atoms with Crippen LogP contribution in [-0.2, 0) is 4.79 Å². The lowest BCUT2D eigenvalue weighted by Crippen LogP contribution is -2.29. The van der Waals surface area contributed by atoms with Gasteiger partial charge in [-0.15, -0.1) is 0 Å². The molecule has 1 aliphatic carbocycles. The van der Waals surface area contributed by atoms with E-state index in [1.807, 2.05) is 26.8 Å². The van der Waals surface area contributed by atoms with Gasteiger partial charge in [0.15, 0.2) is 0 Å². The van der Waals surface area contributed by atoms with Crippen LogP contribution >= 0.6 is 0 Å². The summed E-state index contributed by atoms with van der Waals surface area (Å²) in [6, 6.07) is 0. The van der Waals surface area contributed by atoms with Crippen molar-refractivity contribution in [3.8, 4) is 0 Å². The van der Waals surface area contributed by atoms with E-state index in [4.69, 9.17) is 4.99 Å². The second-order valence-electron chi connectivity index (χ2n) is 10.3. The monoisotopic (exact) mass is 387 g/mol. The van der Waals surface area contributed by atoms with Crippen LogP contribution in [0.15, 0.2) is 28.9 Å². The molecule has 1 saturated carbocycles. The molecule has 160 valence electrons. The summed E-state index contributed by atoms with van der Waals surface area (Å²) in [5, 5.41) is 0. The van der Waals surface area contributed by atoms with Gasteiger partial charge in [0, 0.05) is 29.7 Å². The highest BCUT2D eigenvalue weighted by atomic mass is 16.1. The Morgan fingerprint density at radius 3 is 2.21 bits per heavy atom. The standard InChI is InChI=1S/C26H45NO/c1-9-26(8,16-15-23-13-11-10-12-14-23)19-24(28)18-25(6,7)22(5)27-21(4)17-20(2)3/h17,23H,2,9-16,18-19H2,1,3-8H3/b21-17-,27-22?. The average molecular weight is 388 g/mol. The molecular weight excluding hydrogens is 342 g/mol. The first-order valence-electron chi connectivity index (χ1n) is 11.4. The van der Waals surface area contributed by atoms with E-state index in [0.29, 0.717) is 18.6 Å². The van der Waals surface area contributed by atoms with Crippen molar-refractivity contribution in [3.05, 3.63) is 23.9 Å². The van der Waals surface area contributed by atoms with Crippen molar-refractivity contribution in [2.45, 2.75) is 113 Å². The number of aliphatic imine (C=N–C) groups is 1. The first-order valence-corrected chi connectivity index (χ1v) is 11.4. The number of allylic oxidation sites excluding steroid dienone is 3. The second kappa shape index (κ2) is 11.1. The molecule has 28 heavy (non-hydrogen) atoms. The molecule has 0 heterocycles. The van der Waals surface area contributed by atoms with E-state index in [0.717, 1.165) is 29.3 Å². The molecule has 0 aromatic carbocycles. The number of Topliss-reactive ketones (excluding diaryl/α,β-unsaturated/α-hetero) is 1. The van der Waals surface area contributed by atoms with E-state index in [9.17, 15) is 4.79 Å².